The number of aromatic nitrogens is 1. The molecule has 1 aliphatic carbocycles. The molecule has 1 unspecified atom stereocenters. The molecule has 192 valence electrons. The number of likely N-dealkylation sites (tertiary alicyclic amines) is 1. The quantitative estimate of drug-likeness (QED) is 0.370. The van der Waals surface area contributed by atoms with Crippen LogP contribution in [0, 0.1) is 5.92 Å². The Morgan fingerprint density at radius 2 is 1.80 bits per heavy atom. The van der Waals surface area contributed by atoms with Gasteiger partial charge in [0.2, 0.25) is 5.91 Å². The van der Waals surface area contributed by atoms with Gasteiger partial charge < -0.3 is 41.1 Å². The third-order valence-electron chi connectivity index (χ3n) is 7.56. The van der Waals surface area contributed by atoms with Crippen molar-refractivity contribution < 1.29 is 45.4 Å². The molecular formula is C26H36BrN3O5. The molecule has 35 heavy (non-hydrogen) atoms. The van der Waals surface area contributed by atoms with Crippen molar-refractivity contribution in [1.29, 1.82) is 0 Å². The van der Waals surface area contributed by atoms with Gasteiger partial charge in [-0.15, -0.1) is 0 Å². The Balaban J connectivity index is 0.00000342. The molecule has 2 N–H and O–H groups in total. The first kappa shape index (κ1) is 27.4. The number of esters is 1. The fraction of sp³-hybridized carbons (Fsp3) is 0.577. The molecule has 1 saturated heterocycles. The van der Waals surface area contributed by atoms with Crippen LogP contribution in [0.25, 0.3) is 0 Å². The van der Waals surface area contributed by atoms with Gasteiger partial charge in [0.15, 0.2) is 11.4 Å². The standard InChI is InChI=1S/C26H35N3O5.BrH/c1-29(18-14-24(30)27-23-15-19-33-28-23)16-12-22(13-17-29)34-25(31)26(32,20-8-4-2-5-9-20)21-10-6-3-7-11-21;/h2,4-5,8-9,15,19,21-22,32H,3,6-7,10-14,16-18H2,1H3;1H. The third kappa shape index (κ3) is 6.71. The van der Waals surface area contributed by atoms with Crippen LogP contribution in [0.4, 0.5) is 5.82 Å². The zero-order valence-corrected chi connectivity index (χ0v) is 21.9. The molecule has 2 aliphatic rings. The molecule has 1 aromatic carbocycles. The van der Waals surface area contributed by atoms with E-state index < -0.39 is 11.6 Å². The van der Waals surface area contributed by atoms with Crippen LogP contribution in [0.2, 0.25) is 0 Å². The number of amides is 1. The Bertz CT molecular complexity index is 941. The normalized spacial score (nSPS) is 24.6. The molecule has 2 heterocycles. The van der Waals surface area contributed by atoms with Gasteiger partial charge in [-0.05, 0) is 18.4 Å². The van der Waals surface area contributed by atoms with Gasteiger partial charge in [0, 0.05) is 24.8 Å². The highest BCUT2D eigenvalue weighted by Gasteiger charge is 2.48. The molecule has 0 radical (unpaired) electrons. The van der Waals surface area contributed by atoms with E-state index in [9.17, 15) is 14.7 Å². The number of nitrogens with zero attached hydrogens (tertiary/aromatic N) is 2. The summed E-state index contributed by atoms with van der Waals surface area (Å²) in [5.41, 5.74) is -0.974. The van der Waals surface area contributed by atoms with Crippen molar-refractivity contribution in [1.82, 2.24) is 5.16 Å². The third-order valence-corrected chi connectivity index (χ3v) is 7.56. The molecule has 1 amide bonds. The molecule has 8 nitrogen and oxygen atoms in total. The first-order valence-electron chi connectivity index (χ1n) is 12.4. The minimum absolute atomic E-state index is 0. The number of anilines is 1. The van der Waals surface area contributed by atoms with Gasteiger partial charge in [-0.3, -0.25) is 4.79 Å². The maximum atomic E-state index is 13.4. The minimum atomic E-state index is -1.60. The summed E-state index contributed by atoms with van der Waals surface area (Å²) >= 11 is 0. The second-order valence-electron chi connectivity index (χ2n) is 10.0. The van der Waals surface area contributed by atoms with E-state index in [1.165, 1.54) is 6.26 Å². The molecule has 2 fully saturated rings. The first-order chi connectivity index (χ1) is 16.4. The number of benzene rings is 1. The molecule has 0 spiro atoms. The second-order valence-corrected chi connectivity index (χ2v) is 10.0. The number of carbonyl (C=O) groups excluding carboxylic acids is 2. The fourth-order valence-corrected chi connectivity index (χ4v) is 5.34. The predicted molar refractivity (Wildman–Crippen MR) is 127 cm³/mol. The molecule has 1 saturated carbocycles. The van der Waals surface area contributed by atoms with Gasteiger partial charge in [0.1, 0.15) is 12.4 Å². The number of carbonyl (C=O) groups is 2. The predicted octanol–water partition coefficient (Wildman–Crippen LogP) is 0.628. The number of hydrogen-bond donors (Lipinski definition) is 2. The van der Waals surface area contributed by atoms with E-state index in [1.54, 1.807) is 6.07 Å². The van der Waals surface area contributed by atoms with Crippen LogP contribution >= 0.6 is 0 Å². The van der Waals surface area contributed by atoms with Gasteiger partial charge in [0.05, 0.1) is 33.1 Å². The van der Waals surface area contributed by atoms with Crippen molar-refractivity contribution >= 4 is 17.7 Å². The SMILES string of the molecule is C[N+]1(CCC(=O)Nc2ccon2)CCC(OC(=O)C(O)(c2ccccc2)C2CCCCC2)CC1.[Br-]. The maximum absolute atomic E-state index is 13.4. The van der Waals surface area contributed by atoms with Crippen LogP contribution in [-0.4, -0.2) is 59.4 Å². The van der Waals surface area contributed by atoms with E-state index in [-0.39, 0.29) is 34.9 Å². The van der Waals surface area contributed by atoms with Crippen LogP contribution < -0.4 is 22.3 Å². The number of quaternary nitrogens is 1. The highest BCUT2D eigenvalue weighted by atomic mass is 79.9. The maximum Gasteiger partial charge on any atom is 0.343 e. The number of hydrogen-bond acceptors (Lipinski definition) is 6. The van der Waals surface area contributed by atoms with Crippen molar-refractivity contribution in [3.05, 3.63) is 48.2 Å². The monoisotopic (exact) mass is 549 g/mol. The number of aliphatic hydroxyl groups is 1. The first-order valence-corrected chi connectivity index (χ1v) is 12.4. The Hall–Kier alpha value is -2.23. The second kappa shape index (κ2) is 12.1. The lowest BCUT2D eigenvalue weighted by Gasteiger charge is -2.42. The summed E-state index contributed by atoms with van der Waals surface area (Å²) in [4.78, 5) is 25.6. The molecule has 9 heteroatoms. The van der Waals surface area contributed by atoms with Gasteiger partial charge in [-0.2, -0.15) is 0 Å². The minimum Gasteiger partial charge on any atom is -1.00 e. The Morgan fingerprint density at radius 1 is 1.11 bits per heavy atom. The molecule has 0 bridgehead atoms. The van der Waals surface area contributed by atoms with Crippen LogP contribution in [0.5, 0.6) is 0 Å². The molecule has 2 aromatic rings. The molecule has 1 aromatic heterocycles. The van der Waals surface area contributed by atoms with Crippen molar-refractivity contribution in [2.45, 2.75) is 63.1 Å². The number of piperidine rings is 1. The Kier molecular flexibility index (Phi) is 9.49. The van der Waals surface area contributed by atoms with Gasteiger partial charge in [-0.1, -0.05) is 54.8 Å². The fourth-order valence-electron chi connectivity index (χ4n) is 5.34. The lowest BCUT2D eigenvalue weighted by atomic mass is 9.73. The Morgan fingerprint density at radius 3 is 2.43 bits per heavy atom. The van der Waals surface area contributed by atoms with Crippen molar-refractivity contribution in [3.63, 3.8) is 0 Å². The van der Waals surface area contributed by atoms with Crippen LogP contribution in [0.1, 0.15) is 56.9 Å². The number of ether oxygens (including phenoxy) is 1. The highest BCUT2D eigenvalue weighted by Crippen LogP contribution is 2.41. The van der Waals surface area contributed by atoms with Crippen molar-refractivity contribution in [3.8, 4) is 0 Å². The molecule has 4 rings (SSSR count). The molecule has 1 aliphatic heterocycles. The van der Waals surface area contributed by atoms with Crippen molar-refractivity contribution in [2.75, 3.05) is 32.0 Å². The van der Waals surface area contributed by atoms with E-state index in [2.05, 4.69) is 17.5 Å². The van der Waals surface area contributed by atoms with E-state index in [4.69, 9.17) is 9.26 Å². The Labute approximate surface area is 217 Å². The summed E-state index contributed by atoms with van der Waals surface area (Å²) in [6, 6.07) is 10.9. The average Bonchev–Trinajstić information content (AvgIpc) is 3.38. The number of rotatable bonds is 8. The smallest absolute Gasteiger partial charge is 0.343 e. The average molecular weight is 550 g/mol. The zero-order chi connectivity index (χ0) is 24.0. The number of nitrogens with one attached hydrogen (secondary N) is 1. The van der Waals surface area contributed by atoms with Crippen LogP contribution in [0.15, 0.2) is 47.2 Å². The van der Waals surface area contributed by atoms with Crippen molar-refractivity contribution in [2.24, 2.45) is 5.92 Å². The van der Waals surface area contributed by atoms with Gasteiger partial charge in [-0.25, -0.2) is 4.79 Å². The van der Waals surface area contributed by atoms with Crippen LogP contribution in [0.3, 0.4) is 0 Å². The van der Waals surface area contributed by atoms with E-state index in [0.29, 0.717) is 37.2 Å². The summed E-state index contributed by atoms with van der Waals surface area (Å²) in [6.45, 7) is 2.31. The summed E-state index contributed by atoms with van der Waals surface area (Å²) in [6.07, 6.45) is 7.85. The highest BCUT2D eigenvalue weighted by molar-refractivity contribution is 5.89. The van der Waals surface area contributed by atoms with Crippen LogP contribution in [-0.2, 0) is 19.9 Å². The lowest BCUT2D eigenvalue weighted by molar-refractivity contribution is -0.914. The van der Waals surface area contributed by atoms with E-state index in [1.807, 2.05) is 30.3 Å². The summed E-state index contributed by atoms with van der Waals surface area (Å²) < 4.78 is 11.4. The summed E-state index contributed by atoms with van der Waals surface area (Å²) in [7, 11) is 2.13. The summed E-state index contributed by atoms with van der Waals surface area (Å²) in [5, 5.41) is 18.2. The van der Waals surface area contributed by atoms with Gasteiger partial charge >= 0.3 is 5.97 Å². The number of halogens is 1. The largest absolute Gasteiger partial charge is 1.00 e. The van der Waals surface area contributed by atoms with E-state index >= 15 is 0 Å². The van der Waals surface area contributed by atoms with Gasteiger partial charge in [0.25, 0.3) is 0 Å². The lowest BCUT2D eigenvalue weighted by Crippen LogP contribution is -3.00. The zero-order valence-electron chi connectivity index (χ0n) is 20.3. The molecule has 1 atom stereocenters. The summed E-state index contributed by atoms with van der Waals surface area (Å²) in [5.74, 6) is -0.313. The molecular weight excluding hydrogens is 514 g/mol. The van der Waals surface area contributed by atoms with E-state index in [0.717, 1.165) is 49.7 Å². The topological polar surface area (TPSA) is 102 Å².